The van der Waals surface area contributed by atoms with Crippen LogP contribution < -0.4 is 9.75 Å². The van der Waals surface area contributed by atoms with E-state index in [2.05, 4.69) is 26.1 Å². The Labute approximate surface area is 178 Å². The lowest BCUT2D eigenvalue weighted by Crippen LogP contribution is -2.33. The van der Waals surface area contributed by atoms with E-state index in [4.69, 9.17) is 16.3 Å². The number of aldehydes is 1. The smallest absolute Gasteiger partial charge is 0.152 e. The lowest BCUT2D eigenvalue weighted by Gasteiger charge is -2.26. The number of hydrogen-bond acceptors (Lipinski definition) is 5. The highest BCUT2D eigenvalue weighted by Crippen LogP contribution is 2.44. The number of pyridine rings is 1. The summed E-state index contributed by atoms with van der Waals surface area (Å²) in [6.07, 6.45) is 2.50. The van der Waals surface area contributed by atoms with Crippen LogP contribution >= 0.6 is 11.6 Å². The van der Waals surface area contributed by atoms with E-state index in [-0.39, 0.29) is 6.04 Å². The third-order valence-electron chi connectivity index (χ3n) is 5.55. The molecule has 4 aromatic rings. The molecule has 1 unspecified atom stereocenters. The molecule has 150 valence electrons. The van der Waals surface area contributed by atoms with Crippen molar-refractivity contribution in [2.24, 2.45) is 0 Å². The molecule has 2 aromatic carbocycles. The number of rotatable bonds is 4. The molecule has 2 aromatic heterocycles. The molecule has 0 amide bonds. The Morgan fingerprint density at radius 3 is 2.77 bits per heavy atom. The fraction of sp³-hybridized carbons (Fsp3) is 0.130. The summed E-state index contributed by atoms with van der Waals surface area (Å²) in [4.78, 5) is 19.2. The second-order valence-electron chi connectivity index (χ2n) is 7.26. The van der Waals surface area contributed by atoms with Crippen LogP contribution in [0.5, 0.6) is 11.5 Å². The van der Waals surface area contributed by atoms with Crippen LogP contribution in [-0.4, -0.2) is 35.4 Å². The Bertz CT molecular complexity index is 1270. The highest BCUT2D eigenvalue weighted by Gasteiger charge is 2.34. The second-order valence-corrected chi connectivity index (χ2v) is 7.66. The number of ether oxygens (including phenoxy) is 1. The molecule has 1 aliphatic rings. The third-order valence-corrected chi connectivity index (χ3v) is 5.86. The Balaban J connectivity index is 1.54. The molecule has 7 heteroatoms. The fourth-order valence-electron chi connectivity index (χ4n) is 3.98. The van der Waals surface area contributed by atoms with Crippen molar-refractivity contribution in [3.63, 3.8) is 0 Å². The summed E-state index contributed by atoms with van der Waals surface area (Å²) < 4.78 is 6.00. The predicted octanol–water partition coefficient (Wildman–Crippen LogP) is 5.21. The first-order valence-electron chi connectivity index (χ1n) is 9.52. The molecular weight excluding hydrogens is 400 g/mol. The van der Waals surface area contributed by atoms with Crippen LogP contribution in [0.15, 0.2) is 60.8 Å². The zero-order valence-corrected chi connectivity index (χ0v) is 17.2. The summed E-state index contributed by atoms with van der Waals surface area (Å²) in [7, 11) is 4.04. The van der Waals surface area contributed by atoms with E-state index >= 15 is 0 Å². The van der Waals surface area contributed by atoms with Crippen LogP contribution in [-0.2, 0) is 0 Å². The van der Waals surface area contributed by atoms with Gasteiger partial charge in [-0.25, -0.2) is 5.01 Å². The van der Waals surface area contributed by atoms with Gasteiger partial charge in [0.05, 0.1) is 27.8 Å². The summed E-state index contributed by atoms with van der Waals surface area (Å²) in [5.41, 5.74) is 5.27. The van der Waals surface area contributed by atoms with Gasteiger partial charge in [-0.2, -0.15) is 0 Å². The molecule has 0 bridgehead atoms. The van der Waals surface area contributed by atoms with Crippen LogP contribution in [0.1, 0.15) is 27.7 Å². The molecule has 5 rings (SSSR count). The van der Waals surface area contributed by atoms with Crippen LogP contribution in [0.25, 0.3) is 11.0 Å². The summed E-state index contributed by atoms with van der Waals surface area (Å²) in [5, 5.41) is 4.78. The number of aromatic amines is 1. The van der Waals surface area contributed by atoms with Crippen LogP contribution in [0.2, 0.25) is 5.02 Å². The van der Waals surface area contributed by atoms with E-state index in [0.717, 1.165) is 34.3 Å². The van der Waals surface area contributed by atoms with Gasteiger partial charge in [-0.15, -0.1) is 0 Å². The summed E-state index contributed by atoms with van der Waals surface area (Å²) in [5.74, 6) is 1.33. The first-order chi connectivity index (χ1) is 14.6. The number of benzene rings is 2. The molecule has 0 fully saturated rings. The number of carbonyl (C=O) groups is 1. The summed E-state index contributed by atoms with van der Waals surface area (Å²) >= 11 is 6.23. The molecular formula is C23H19ClN4O2. The number of nitrogens with zero attached hydrogens (tertiary/aromatic N) is 3. The number of fused-ring (bicyclic) bond motifs is 2. The molecule has 1 atom stereocenters. The molecule has 6 nitrogen and oxygen atoms in total. The van der Waals surface area contributed by atoms with Gasteiger partial charge in [0.1, 0.15) is 11.5 Å². The van der Waals surface area contributed by atoms with Crippen molar-refractivity contribution in [1.29, 1.82) is 0 Å². The number of para-hydroxylation sites is 1. The summed E-state index contributed by atoms with van der Waals surface area (Å²) in [6.45, 7) is 0. The standard InChI is InChI=1S/C23H19ClN4O2/c1-27-20-11-15(30-21-6-4-3-5-17(21)24)7-8-16(20)23(28(27)2)19-12-18-22(26-19)14(13-29)9-10-25-18/h3-13,23,26H,1-2H3. The molecule has 0 radical (unpaired) electrons. The fourth-order valence-corrected chi connectivity index (χ4v) is 4.15. The number of aromatic nitrogens is 2. The van der Waals surface area contributed by atoms with Gasteiger partial charge in [0, 0.05) is 43.2 Å². The zero-order chi connectivity index (χ0) is 20.8. The largest absolute Gasteiger partial charge is 0.456 e. The van der Waals surface area contributed by atoms with Gasteiger partial charge in [0.2, 0.25) is 0 Å². The van der Waals surface area contributed by atoms with Gasteiger partial charge >= 0.3 is 0 Å². The highest BCUT2D eigenvalue weighted by atomic mass is 35.5. The van der Waals surface area contributed by atoms with Gasteiger partial charge < -0.3 is 14.7 Å². The van der Waals surface area contributed by atoms with Crippen molar-refractivity contribution >= 4 is 34.6 Å². The van der Waals surface area contributed by atoms with E-state index in [0.29, 0.717) is 22.1 Å². The Hall–Kier alpha value is -3.35. The number of anilines is 1. The van der Waals surface area contributed by atoms with Gasteiger partial charge in [-0.05, 0) is 30.3 Å². The van der Waals surface area contributed by atoms with Crippen molar-refractivity contribution < 1.29 is 9.53 Å². The monoisotopic (exact) mass is 418 g/mol. The van der Waals surface area contributed by atoms with Crippen molar-refractivity contribution in [3.05, 3.63) is 82.6 Å². The highest BCUT2D eigenvalue weighted by molar-refractivity contribution is 6.32. The summed E-state index contributed by atoms with van der Waals surface area (Å²) in [6, 6.07) is 17.1. The van der Waals surface area contributed by atoms with E-state index in [1.165, 1.54) is 0 Å². The average Bonchev–Trinajstić information content (AvgIpc) is 3.29. The number of halogens is 1. The topological polar surface area (TPSA) is 61.5 Å². The quantitative estimate of drug-likeness (QED) is 0.461. The number of hydrazine groups is 1. The number of hydrogen-bond donors (Lipinski definition) is 1. The van der Waals surface area contributed by atoms with Crippen molar-refractivity contribution in [1.82, 2.24) is 15.0 Å². The van der Waals surface area contributed by atoms with Gasteiger partial charge in [0.25, 0.3) is 0 Å². The van der Waals surface area contributed by atoms with Crippen LogP contribution in [0.3, 0.4) is 0 Å². The molecule has 0 aliphatic carbocycles. The molecule has 3 heterocycles. The van der Waals surface area contributed by atoms with E-state index in [1.807, 2.05) is 50.5 Å². The molecule has 1 aliphatic heterocycles. The Morgan fingerprint density at radius 1 is 1.13 bits per heavy atom. The van der Waals surface area contributed by atoms with Crippen molar-refractivity contribution in [3.8, 4) is 11.5 Å². The molecule has 0 spiro atoms. The average molecular weight is 419 g/mol. The first kappa shape index (κ1) is 18.7. The minimum Gasteiger partial charge on any atom is -0.456 e. The number of carbonyl (C=O) groups excluding carboxylic acids is 1. The first-order valence-corrected chi connectivity index (χ1v) is 9.90. The van der Waals surface area contributed by atoms with E-state index < -0.39 is 0 Å². The molecule has 0 saturated carbocycles. The predicted molar refractivity (Wildman–Crippen MR) is 117 cm³/mol. The zero-order valence-electron chi connectivity index (χ0n) is 16.5. The van der Waals surface area contributed by atoms with Crippen LogP contribution in [0, 0.1) is 0 Å². The Kier molecular flexibility index (Phi) is 4.46. The van der Waals surface area contributed by atoms with Crippen molar-refractivity contribution in [2.75, 3.05) is 19.1 Å². The second kappa shape index (κ2) is 7.16. The van der Waals surface area contributed by atoms with E-state index in [9.17, 15) is 4.79 Å². The molecule has 1 N–H and O–H groups in total. The Morgan fingerprint density at radius 2 is 1.97 bits per heavy atom. The maximum absolute atomic E-state index is 11.4. The minimum absolute atomic E-state index is 0.0342. The maximum atomic E-state index is 11.4. The SMILES string of the molecule is CN1c2cc(Oc3ccccc3Cl)ccc2C(c2cc3nccc(C=O)c3[nH]2)N1C. The van der Waals surface area contributed by atoms with Crippen LogP contribution in [0.4, 0.5) is 5.69 Å². The third kappa shape index (κ3) is 2.93. The maximum Gasteiger partial charge on any atom is 0.152 e. The van der Waals surface area contributed by atoms with Gasteiger partial charge in [-0.3, -0.25) is 9.78 Å². The lowest BCUT2D eigenvalue weighted by atomic mass is 10.0. The molecule has 30 heavy (non-hydrogen) atoms. The van der Waals surface area contributed by atoms with E-state index in [1.54, 1.807) is 18.3 Å². The normalized spacial score (nSPS) is 16.1. The van der Waals surface area contributed by atoms with Crippen molar-refractivity contribution in [2.45, 2.75) is 6.04 Å². The molecule has 0 saturated heterocycles. The van der Waals surface area contributed by atoms with Gasteiger partial charge in [0.15, 0.2) is 6.29 Å². The van der Waals surface area contributed by atoms with Gasteiger partial charge in [-0.1, -0.05) is 29.8 Å². The number of H-pyrrole nitrogens is 1. The lowest BCUT2D eigenvalue weighted by molar-refractivity contribution is 0.112. The minimum atomic E-state index is -0.0342. The number of nitrogens with one attached hydrogen (secondary N) is 1.